The Morgan fingerprint density at radius 2 is 1.88 bits per heavy atom. The van der Waals surface area contributed by atoms with Gasteiger partial charge in [-0.15, -0.1) is 11.3 Å². The van der Waals surface area contributed by atoms with Gasteiger partial charge in [-0.2, -0.15) is 0 Å². The Bertz CT molecular complexity index is 291. The molecule has 0 radical (unpaired) electrons. The minimum absolute atomic E-state index is 0.644. The summed E-state index contributed by atoms with van der Waals surface area (Å²) in [6, 6.07) is 5.21. The van der Waals surface area contributed by atoms with Gasteiger partial charge in [0.15, 0.2) is 0 Å². The molecule has 1 N–H and O–H groups in total. The van der Waals surface area contributed by atoms with E-state index in [9.17, 15) is 0 Å². The lowest BCUT2D eigenvalue weighted by Gasteiger charge is -2.16. The van der Waals surface area contributed by atoms with Crippen LogP contribution in [0.15, 0.2) is 12.1 Å². The van der Waals surface area contributed by atoms with Gasteiger partial charge in [-0.3, -0.25) is 0 Å². The van der Waals surface area contributed by atoms with E-state index < -0.39 is 0 Å². The molecule has 0 saturated carbocycles. The highest BCUT2D eigenvalue weighted by Crippen LogP contribution is 2.20. The van der Waals surface area contributed by atoms with E-state index in [1.165, 1.54) is 35.4 Å². The second kappa shape index (κ2) is 7.08. The van der Waals surface area contributed by atoms with Gasteiger partial charge in [-0.05, 0) is 50.8 Å². The summed E-state index contributed by atoms with van der Waals surface area (Å²) in [7, 11) is 2.08. The minimum atomic E-state index is 0.644. The smallest absolute Gasteiger partial charge is 0.0112 e. The zero-order chi connectivity index (χ0) is 12.0. The normalized spacial score (nSPS) is 13.3. The van der Waals surface area contributed by atoms with Crippen molar-refractivity contribution in [3.63, 3.8) is 0 Å². The van der Waals surface area contributed by atoms with Gasteiger partial charge in [0.2, 0.25) is 0 Å². The van der Waals surface area contributed by atoms with Gasteiger partial charge in [-0.1, -0.05) is 20.8 Å². The molecule has 1 rings (SSSR count). The number of aryl methyl sites for hydroxylation is 1. The number of hydrogen-bond acceptors (Lipinski definition) is 2. The first-order valence-corrected chi connectivity index (χ1v) is 7.22. The molecule has 1 aromatic heterocycles. The van der Waals surface area contributed by atoms with E-state index in [0.717, 1.165) is 5.92 Å². The van der Waals surface area contributed by atoms with Crippen LogP contribution in [-0.4, -0.2) is 13.1 Å². The van der Waals surface area contributed by atoms with Crippen LogP contribution >= 0.6 is 11.3 Å². The van der Waals surface area contributed by atoms with Crippen LogP contribution in [0.3, 0.4) is 0 Å². The fourth-order valence-corrected chi connectivity index (χ4v) is 2.89. The summed E-state index contributed by atoms with van der Waals surface area (Å²) in [6.07, 6.45) is 4.96. The van der Waals surface area contributed by atoms with Gasteiger partial charge in [0.05, 0.1) is 0 Å². The maximum atomic E-state index is 3.44. The third-order valence-electron chi connectivity index (χ3n) is 3.01. The number of thiophene rings is 1. The van der Waals surface area contributed by atoms with Crippen LogP contribution in [0, 0.1) is 5.92 Å². The van der Waals surface area contributed by atoms with Crippen molar-refractivity contribution in [3.8, 4) is 0 Å². The highest BCUT2D eigenvalue weighted by Gasteiger charge is 2.09. The summed E-state index contributed by atoms with van der Waals surface area (Å²) in [5, 5.41) is 3.44. The molecule has 1 unspecified atom stereocenters. The van der Waals surface area contributed by atoms with Gasteiger partial charge < -0.3 is 5.32 Å². The van der Waals surface area contributed by atoms with Crippen LogP contribution < -0.4 is 5.32 Å². The lowest BCUT2D eigenvalue weighted by atomic mass is 10.0. The van der Waals surface area contributed by atoms with Gasteiger partial charge >= 0.3 is 0 Å². The Labute approximate surface area is 104 Å². The summed E-state index contributed by atoms with van der Waals surface area (Å²) in [4.78, 5) is 3.04. The molecule has 92 valence electrons. The summed E-state index contributed by atoms with van der Waals surface area (Å²) >= 11 is 1.97. The monoisotopic (exact) mass is 239 g/mol. The highest BCUT2D eigenvalue weighted by atomic mass is 32.1. The lowest BCUT2D eigenvalue weighted by Crippen LogP contribution is -2.27. The Kier molecular flexibility index (Phi) is 6.07. The van der Waals surface area contributed by atoms with Gasteiger partial charge in [-0.25, -0.2) is 0 Å². The zero-order valence-electron chi connectivity index (χ0n) is 11.0. The Hall–Kier alpha value is -0.340. The molecule has 1 nitrogen and oxygen atoms in total. The molecule has 0 aliphatic rings. The first-order chi connectivity index (χ1) is 7.65. The van der Waals surface area contributed by atoms with Gasteiger partial charge in [0.25, 0.3) is 0 Å². The van der Waals surface area contributed by atoms with Gasteiger partial charge in [0.1, 0.15) is 0 Å². The Morgan fingerprint density at radius 1 is 1.19 bits per heavy atom. The lowest BCUT2D eigenvalue weighted by molar-refractivity contribution is 0.452. The summed E-state index contributed by atoms with van der Waals surface area (Å²) < 4.78 is 0. The first-order valence-electron chi connectivity index (χ1n) is 6.40. The predicted octanol–water partition coefficient (Wildman–Crippen LogP) is 3.88. The van der Waals surface area contributed by atoms with Gasteiger partial charge in [0, 0.05) is 15.8 Å². The molecule has 1 atom stereocenters. The minimum Gasteiger partial charge on any atom is -0.317 e. The SMILES string of the molecule is CCc1ccc(CC(CCC(C)C)NC)s1. The van der Waals surface area contributed by atoms with Crippen molar-refractivity contribution in [1.82, 2.24) is 5.32 Å². The molecule has 0 bridgehead atoms. The number of hydrogen-bond donors (Lipinski definition) is 1. The van der Waals surface area contributed by atoms with Crippen molar-refractivity contribution in [2.24, 2.45) is 5.92 Å². The van der Waals surface area contributed by atoms with E-state index in [2.05, 4.69) is 45.3 Å². The average molecular weight is 239 g/mol. The van der Waals surface area contributed by atoms with Crippen LogP contribution in [0.4, 0.5) is 0 Å². The zero-order valence-corrected chi connectivity index (χ0v) is 11.9. The van der Waals surface area contributed by atoms with Crippen molar-refractivity contribution in [2.75, 3.05) is 7.05 Å². The van der Waals surface area contributed by atoms with Crippen LogP contribution in [0.25, 0.3) is 0 Å². The van der Waals surface area contributed by atoms with Crippen molar-refractivity contribution >= 4 is 11.3 Å². The van der Waals surface area contributed by atoms with E-state index in [1.807, 2.05) is 11.3 Å². The van der Waals surface area contributed by atoms with E-state index >= 15 is 0 Å². The third-order valence-corrected chi connectivity index (χ3v) is 4.27. The molecule has 0 amide bonds. The third kappa shape index (κ3) is 4.67. The molecule has 16 heavy (non-hydrogen) atoms. The summed E-state index contributed by atoms with van der Waals surface area (Å²) in [6.45, 7) is 6.82. The van der Waals surface area contributed by atoms with E-state index in [1.54, 1.807) is 0 Å². The summed E-state index contributed by atoms with van der Waals surface area (Å²) in [5.74, 6) is 0.811. The fourth-order valence-electron chi connectivity index (χ4n) is 1.85. The van der Waals surface area contributed by atoms with E-state index in [-0.39, 0.29) is 0 Å². The molecular formula is C14H25NS. The second-order valence-corrected chi connectivity index (χ2v) is 6.14. The molecule has 1 aromatic rings. The summed E-state index contributed by atoms with van der Waals surface area (Å²) in [5.41, 5.74) is 0. The first kappa shape index (κ1) is 13.7. The molecule has 1 heterocycles. The highest BCUT2D eigenvalue weighted by molar-refractivity contribution is 7.11. The number of likely N-dealkylation sites (N-methyl/N-ethyl adjacent to an activating group) is 1. The van der Waals surface area contributed by atoms with Crippen molar-refractivity contribution in [1.29, 1.82) is 0 Å². The van der Waals surface area contributed by atoms with Crippen LogP contribution in [0.1, 0.15) is 43.4 Å². The van der Waals surface area contributed by atoms with Crippen LogP contribution in [-0.2, 0) is 12.8 Å². The largest absolute Gasteiger partial charge is 0.317 e. The molecule has 0 aliphatic carbocycles. The van der Waals surface area contributed by atoms with Crippen molar-refractivity contribution in [3.05, 3.63) is 21.9 Å². The second-order valence-electron chi connectivity index (χ2n) is 4.88. The molecule has 2 heteroatoms. The van der Waals surface area contributed by atoms with Crippen molar-refractivity contribution in [2.45, 2.75) is 52.5 Å². The number of nitrogens with one attached hydrogen (secondary N) is 1. The van der Waals surface area contributed by atoms with E-state index in [0.29, 0.717) is 6.04 Å². The molecule has 0 aromatic carbocycles. The van der Waals surface area contributed by atoms with Crippen LogP contribution in [0.2, 0.25) is 0 Å². The predicted molar refractivity (Wildman–Crippen MR) is 74.3 cm³/mol. The molecular weight excluding hydrogens is 214 g/mol. The topological polar surface area (TPSA) is 12.0 Å². The molecule has 0 spiro atoms. The van der Waals surface area contributed by atoms with E-state index in [4.69, 9.17) is 0 Å². The number of rotatable bonds is 7. The molecule has 0 aliphatic heterocycles. The quantitative estimate of drug-likeness (QED) is 0.761. The Balaban J connectivity index is 2.42. The van der Waals surface area contributed by atoms with Crippen molar-refractivity contribution < 1.29 is 0 Å². The standard InChI is InChI=1S/C14H25NS/c1-5-13-8-9-14(16-13)10-12(15-4)7-6-11(2)3/h8-9,11-12,15H,5-7,10H2,1-4H3. The average Bonchev–Trinajstić information content (AvgIpc) is 2.71. The maximum absolute atomic E-state index is 3.44. The molecule has 0 saturated heterocycles. The molecule has 0 fully saturated rings. The Morgan fingerprint density at radius 3 is 2.38 bits per heavy atom. The maximum Gasteiger partial charge on any atom is 0.0112 e. The fraction of sp³-hybridized carbons (Fsp3) is 0.714. The van der Waals surface area contributed by atoms with Crippen LogP contribution in [0.5, 0.6) is 0 Å².